The van der Waals surface area contributed by atoms with Crippen LogP contribution < -0.4 is 0 Å². The molecular weight excluding hydrogens is 248 g/mol. The molecule has 6 heteroatoms. The number of halogens is 3. The van der Waals surface area contributed by atoms with Crippen molar-refractivity contribution in [2.45, 2.75) is 10.2 Å². The molecule has 0 aliphatic carbocycles. The first-order chi connectivity index (χ1) is 6.40. The zero-order valence-electron chi connectivity index (χ0n) is 6.88. The predicted molar refractivity (Wildman–Crippen MR) is 57.2 cm³/mol. The van der Waals surface area contributed by atoms with Crippen LogP contribution in [-0.2, 0) is 4.79 Å². The van der Waals surface area contributed by atoms with Crippen LogP contribution in [0, 0.1) is 0 Å². The van der Waals surface area contributed by atoms with Gasteiger partial charge in [0.05, 0.1) is 0 Å². The summed E-state index contributed by atoms with van der Waals surface area (Å²) in [5.41, 5.74) is 0.318. The van der Waals surface area contributed by atoms with Crippen molar-refractivity contribution in [1.29, 1.82) is 0 Å². The van der Waals surface area contributed by atoms with Crippen LogP contribution in [0.15, 0.2) is 28.9 Å². The van der Waals surface area contributed by atoms with Crippen molar-refractivity contribution in [3.05, 3.63) is 23.9 Å². The van der Waals surface area contributed by atoms with Gasteiger partial charge in [0.1, 0.15) is 0 Å². The van der Waals surface area contributed by atoms with Gasteiger partial charge in [-0.05, 0) is 18.1 Å². The molecular formula is C8H6Cl3NO2. The van der Waals surface area contributed by atoms with Gasteiger partial charge < -0.3 is 5.11 Å². The number of aliphatic carboxylic acids is 1. The molecule has 76 valence electrons. The minimum Gasteiger partial charge on any atom is -0.477 e. The third kappa shape index (κ3) is 3.33. The molecule has 1 rings (SSSR count). The Kier molecular flexibility index (Phi) is 3.59. The lowest BCUT2D eigenvalue weighted by atomic mass is 10.1. The number of hydrogen-bond donors (Lipinski definition) is 1. The van der Waals surface area contributed by atoms with E-state index in [-0.39, 0.29) is 5.71 Å². The Labute approximate surface area is 95.7 Å². The van der Waals surface area contributed by atoms with E-state index in [4.69, 9.17) is 39.9 Å². The molecule has 1 aliphatic rings. The van der Waals surface area contributed by atoms with Crippen molar-refractivity contribution in [2.75, 3.05) is 0 Å². The second-order valence-corrected chi connectivity index (χ2v) is 4.95. The Morgan fingerprint density at radius 2 is 2.21 bits per heavy atom. The van der Waals surface area contributed by atoms with E-state index < -0.39 is 9.76 Å². The molecule has 0 aromatic carbocycles. The van der Waals surface area contributed by atoms with E-state index >= 15 is 0 Å². The quantitative estimate of drug-likeness (QED) is 0.732. The molecule has 0 bridgehead atoms. The van der Waals surface area contributed by atoms with Crippen LogP contribution in [0.4, 0.5) is 0 Å². The lowest BCUT2D eigenvalue weighted by Crippen LogP contribution is -2.18. The summed E-state index contributed by atoms with van der Waals surface area (Å²) in [4.78, 5) is 14.4. The first-order valence-electron chi connectivity index (χ1n) is 3.65. The summed E-state index contributed by atoms with van der Waals surface area (Å²) in [6.45, 7) is 0. The number of carboxylic acids is 1. The molecule has 0 aromatic rings. The topological polar surface area (TPSA) is 49.7 Å². The van der Waals surface area contributed by atoms with Crippen LogP contribution >= 0.6 is 34.8 Å². The maximum atomic E-state index is 10.7. The largest absolute Gasteiger partial charge is 0.477 e. The summed E-state index contributed by atoms with van der Waals surface area (Å²) >= 11 is 16.6. The number of rotatable bonds is 1. The number of carbonyl (C=O) groups is 1. The van der Waals surface area contributed by atoms with Gasteiger partial charge in [-0.3, -0.25) is 0 Å². The number of allylic oxidation sites excluding steroid dienone is 2. The summed E-state index contributed by atoms with van der Waals surface area (Å²) in [6, 6.07) is 0. The van der Waals surface area contributed by atoms with Gasteiger partial charge >= 0.3 is 5.97 Å². The Morgan fingerprint density at radius 3 is 2.71 bits per heavy atom. The fourth-order valence-corrected chi connectivity index (χ4v) is 1.40. The summed E-state index contributed by atoms with van der Waals surface area (Å²) in [6.07, 6.45) is 4.76. The second-order valence-electron chi connectivity index (χ2n) is 2.58. The Hall–Kier alpha value is -0.510. The van der Waals surface area contributed by atoms with E-state index in [0.717, 1.165) is 0 Å². The zero-order valence-corrected chi connectivity index (χ0v) is 9.14. The van der Waals surface area contributed by atoms with Crippen LogP contribution in [0.2, 0.25) is 0 Å². The summed E-state index contributed by atoms with van der Waals surface area (Å²) in [7, 11) is 0. The third-order valence-corrected chi connectivity index (χ3v) is 1.82. The smallest absolute Gasteiger partial charge is 0.354 e. The van der Waals surface area contributed by atoms with Crippen LogP contribution in [-0.4, -0.2) is 20.6 Å². The highest BCUT2D eigenvalue weighted by atomic mass is 35.6. The zero-order chi connectivity index (χ0) is 10.8. The minimum absolute atomic E-state index is 0.0844. The Bertz CT molecular complexity index is 339. The molecule has 1 aliphatic heterocycles. The minimum atomic E-state index is -1.60. The van der Waals surface area contributed by atoms with E-state index in [0.29, 0.717) is 12.0 Å². The molecule has 0 aromatic heterocycles. The monoisotopic (exact) mass is 253 g/mol. The molecule has 0 radical (unpaired) electrons. The van der Waals surface area contributed by atoms with E-state index in [1.165, 1.54) is 12.3 Å². The molecule has 0 unspecified atom stereocenters. The highest BCUT2D eigenvalue weighted by molar-refractivity contribution is 6.69. The average molecular weight is 254 g/mol. The van der Waals surface area contributed by atoms with E-state index in [2.05, 4.69) is 4.99 Å². The van der Waals surface area contributed by atoms with Gasteiger partial charge in [-0.15, -0.1) is 0 Å². The fraction of sp³-hybridized carbons (Fsp3) is 0.250. The Balaban J connectivity index is 3.01. The van der Waals surface area contributed by atoms with Gasteiger partial charge in [-0.25, -0.2) is 9.79 Å². The van der Waals surface area contributed by atoms with Gasteiger partial charge in [0.25, 0.3) is 0 Å². The number of aliphatic imine (C=N–C) groups is 1. The lowest BCUT2D eigenvalue weighted by molar-refractivity contribution is -0.129. The third-order valence-electron chi connectivity index (χ3n) is 1.49. The SMILES string of the molecule is O=C(O)C1=NC=CCC1=CC(Cl)(Cl)Cl. The first-order valence-corrected chi connectivity index (χ1v) is 4.78. The normalized spacial score (nSPS) is 19.6. The van der Waals surface area contributed by atoms with Crippen molar-refractivity contribution in [1.82, 2.24) is 0 Å². The average Bonchev–Trinajstić information content (AvgIpc) is 2.01. The van der Waals surface area contributed by atoms with Crippen molar-refractivity contribution in [3.63, 3.8) is 0 Å². The number of hydrogen-bond acceptors (Lipinski definition) is 2. The second kappa shape index (κ2) is 4.34. The molecule has 14 heavy (non-hydrogen) atoms. The van der Waals surface area contributed by atoms with Gasteiger partial charge in [-0.1, -0.05) is 40.9 Å². The summed E-state index contributed by atoms with van der Waals surface area (Å²) < 4.78 is -1.60. The summed E-state index contributed by atoms with van der Waals surface area (Å²) in [5.74, 6) is -1.13. The van der Waals surface area contributed by atoms with Crippen molar-refractivity contribution in [3.8, 4) is 0 Å². The van der Waals surface area contributed by atoms with Crippen molar-refractivity contribution < 1.29 is 9.90 Å². The van der Waals surface area contributed by atoms with Gasteiger partial charge in [-0.2, -0.15) is 0 Å². The predicted octanol–water partition coefficient (Wildman–Crippen LogP) is 2.73. The van der Waals surface area contributed by atoms with E-state index in [1.807, 2.05) is 0 Å². The highest BCUT2D eigenvalue weighted by Crippen LogP contribution is 2.30. The standard InChI is InChI=1S/C8H6Cl3NO2/c9-8(10,11)4-5-2-1-3-12-6(5)7(13)14/h1,3-4H,2H2,(H,13,14). The molecule has 3 nitrogen and oxygen atoms in total. The Morgan fingerprint density at radius 1 is 1.57 bits per heavy atom. The molecule has 0 amide bonds. The number of carboxylic acid groups (broad SMARTS) is 1. The molecule has 1 N–H and O–H groups in total. The molecule has 0 spiro atoms. The van der Waals surface area contributed by atoms with Crippen molar-refractivity contribution >= 4 is 46.5 Å². The highest BCUT2D eigenvalue weighted by Gasteiger charge is 2.22. The van der Waals surface area contributed by atoms with Gasteiger partial charge in [0, 0.05) is 6.20 Å². The van der Waals surface area contributed by atoms with E-state index in [1.54, 1.807) is 6.08 Å². The van der Waals surface area contributed by atoms with Gasteiger partial charge in [0.15, 0.2) is 5.71 Å². The first kappa shape index (κ1) is 11.6. The molecule has 0 fully saturated rings. The molecule has 0 saturated heterocycles. The fourth-order valence-electron chi connectivity index (χ4n) is 1.00. The van der Waals surface area contributed by atoms with Crippen molar-refractivity contribution in [2.24, 2.45) is 4.99 Å². The molecule has 0 saturated carbocycles. The lowest BCUT2D eigenvalue weighted by Gasteiger charge is -2.11. The van der Waals surface area contributed by atoms with Crippen LogP contribution in [0.5, 0.6) is 0 Å². The molecule has 0 atom stereocenters. The van der Waals surface area contributed by atoms with Crippen LogP contribution in [0.25, 0.3) is 0 Å². The number of nitrogens with zero attached hydrogens (tertiary/aromatic N) is 1. The maximum absolute atomic E-state index is 10.7. The summed E-state index contributed by atoms with van der Waals surface area (Å²) in [5, 5.41) is 8.77. The maximum Gasteiger partial charge on any atom is 0.354 e. The van der Waals surface area contributed by atoms with E-state index in [9.17, 15) is 4.79 Å². The molecule has 1 heterocycles. The number of alkyl halides is 3. The van der Waals surface area contributed by atoms with Crippen LogP contribution in [0.1, 0.15) is 6.42 Å². The van der Waals surface area contributed by atoms with Crippen LogP contribution in [0.3, 0.4) is 0 Å². The van der Waals surface area contributed by atoms with Gasteiger partial charge in [0.2, 0.25) is 3.79 Å².